The van der Waals surface area contributed by atoms with Gasteiger partial charge in [0, 0.05) is 19.0 Å². The fourth-order valence-electron chi connectivity index (χ4n) is 2.63. The van der Waals surface area contributed by atoms with Crippen molar-refractivity contribution >= 4 is 5.91 Å². The zero-order valence-electron chi connectivity index (χ0n) is 10.8. The van der Waals surface area contributed by atoms with Gasteiger partial charge < -0.3 is 10.6 Å². The van der Waals surface area contributed by atoms with Crippen LogP contribution in [-0.4, -0.2) is 25.0 Å². The highest BCUT2D eigenvalue weighted by Crippen LogP contribution is 2.28. The molecule has 0 aliphatic heterocycles. The van der Waals surface area contributed by atoms with Crippen molar-refractivity contribution in [2.75, 3.05) is 13.1 Å². The molecule has 0 aromatic rings. The van der Waals surface area contributed by atoms with Crippen LogP contribution in [0.2, 0.25) is 0 Å². The molecule has 3 nitrogen and oxygen atoms in total. The average Bonchev–Trinajstić information content (AvgIpc) is 3.00. The van der Waals surface area contributed by atoms with Crippen LogP contribution < -0.4 is 10.6 Å². The minimum absolute atomic E-state index is 0.253. The lowest BCUT2D eigenvalue weighted by molar-refractivity contribution is -0.121. The van der Waals surface area contributed by atoms with Crippen LogP contribution in [0.5, 0.6) is 0 Å². The van der Waals surface area contributed by atoms with Crippen LogP contribution in [0.15, 0.2) is 0 Å². The molecule has 98 valence electrons. The van der Waals surface area contributed by atoms with Crippen molar-refractivity contribution in [3.63, 3.8) is 0 Å². The summed E-state index contributed by atoms with van der Waals surface area (Å²) in [7, 11) is 0. The molecule has 0 atom stereocenters. The third-order valence-corrected chi connectivity index (χ3v) is 3.94. The van der Waals surface area contributed by atoms with E-state index in [1.54, 1.807) is 0 Å². The SMILES string of the molecule is O=C(CCC1CCCC1)NCCCNC1CC1. The molecule has 0 aromatic carbocycles. The molecule has 2 saturated carbocycles. The molecule has 2 fully saturated rings. The molecule has 2 rings (SSSR count). The topological polar surface area (TPSA) is 41.1 Å². The first-order chi connectivity index (χ1) is 8.34. The summed E-state index contributed by atoms with van der Waals surface area (Å²) in [6.45, 7) is 1.89. The van der Waals surface area contributed by atoms with Crippen LogP contribution >= 0.6 is 0 Å². The summed E-state index contributed by atoms with van der Waals surface area (Å²) in [4.78, 5) is 11.6. The minimum atomic E-state index is 0.253. The number of amides is 1. The van der Waals surface area contributed by atoms with Crippen molar-refractivity contribution in [3.8, 4) is 0 Å². The molecule has 3 heteroatoms. The van der Waals surface area contributed by atoms with Crippen LogP contribution in [0.3, 0.4) is 0 Å². The summed E-state index contributed by atoms with van der Waals surface area (Å²) in [5.41, 5.74) is 0. The molecule has 2 aliphatic carbocycles. The zero-order chi connectivity index (χ0) is 11.9. The summed E-state index contributed by atoms with van der Waals surface area (Å²) in [5, 5.41) is 6.48. The van der Waals surface area contributed by atoms with E-state index in [2.05, 4.69) is 10.6 Å². The van der Waals surface area contributed by atoms with Crippen molar-refractivity contribution < 1.29 is 4.79 Å². The Bertz CT molecular complexity index is 232. The van der Waals surface area contributed by atoms with E-state index in [4.69, 9.17) is 0 Å². The van der Waals surface area contributed by atoms with Gasteiger partial charge in [0.1, 0.15) is 0 Å². The second-order valence-corrected chi connectivity index (χ2v) is 5.62. The van der Waals surface area contributed by atoms with Crippen LogP contribution in [0.25, 0.3) is 0 Å². The second-order valence-electron chi connectivity index (χ2n) is 5.62. The first-order valence-electron chi connectivity index (χ1n) is 7.34. The highest BCUT2D eigenvalue weighted by atomic mass is 16.1. The molecule has 2 aliphatic rings. The predicted molar refractivity (Wildman–Crippen MR) is 69.8 cm³/mol. The molecule has 0 unspecified atom stereocenters. The van der Waals surface area contributed by atoms with Gasteiger partial charge in [-0.15, -0.1) is 0 Å². The van der Waals surface area contributed by atoms with E-state index >= 15 is 0 Å². The highest BCUT2D eigenvalue weighted by molar-refractivity contribution is 5.75. The van der Waals surface area contributed by atoms with E-state index in [0.717, 1.165) is 44.3 Å². The van der Waals surface area contributed by atoms with Gasteiger partial charge in [-0.1, -0.05) is 25.7 Å². The number of hydrogen-bond donors (Lipinski definition) is 2. The molecule has 0 saturated heterocycles. The molecule has 0 heterocycles. The van der Waals surface area contributed by atoms with Crippen molar-refractivity contribution in [1.29, 1.82) is 0 Å². The van der Waals surface area contributed by atoms with Gasteiger partial charge in [-0.05, 0) is 38.1 Å². The predicted octanol–water partition coefficient (Wildman–Crippen LogP) is 2.22. The third-order valence-electron chi connectivity index (χ3n) is 3.94. The van der Waals surface area contributed by atoms with Gasteiger partial charge in [0.15, 0.2) is 0 Å². The number of rotatable bonds is 8. The van der Waals surface area contributed by atoms with Gasteiger partial charge in [0.05, 0.1) is 0 Å². The first kappa shape index (κ1) is 12.9. The Hall–Kier alpha value is -0.570. The third kappa shape index (κ3) is 5.53. The summed E-state index contributed by atoms with van der Waals surface area (Å²) < 4.78 is 0. The normalized spacial score (nSPS) is 20.7. The van der Waals surface area contributed by atoms with Gasteiger partial charge in [-0.3, -0.25) is 4.79 Å². The quantitative estimate of drug-likeness (QED) is 0.637. The van der Waals surface area contributed by atoms with Crippen LogP contribution in [0.1, 0.15) is 57.8 Å². The first-order valence-corrected chi connectivity index (χ1v) is 7.34. The standard InChI is InChI=1S/C14H26N2O/c17-14(9-6-12-4-1-2-5-12)16-11-3-10-15-13-7-8-13/h12-13,15H,1-11H2,(H,16,17). The van der Waals surface area contributed by atoms with E-state index in [9.17, 15) is 4.79 Å². The lowest BCUT2D eigenvalue weighted by Crippen LogP contribution is -2.28. The van der Waals surface area contributed by atoms with E-state index in [-0.39, 0.29) is 5.91 Å². The zero-order valence-corrected chi connectivity index (χ0v) is 10.8. The molecule has 0 spiro atoms. The van der Waals surface area contributed by atoms with Crippen LogP contribution in [0.4, 0.5) is 0 Å². The monoisotopic (exact) mass is 238 g/mol. The lowest BCUT2D eigenvalue weighted by Gasteiger charge is -2.09. The molecule has 1 amide bonds. The maximum absolute atomic E-state index is 11.6. The average molecular weight is 238 g/mol. The van der Waals surface area contributed by atoms with E-state index < -0.39 is 0 Å². The Morgan fingerprint density at radius 3 is 2.53 bits per heavy atom. The summed E-state index contributed by atoms with van der Waals surface area (Å²) in [6.07, 6.45) is 11.0. The van der Waals surface area contributed by atoms with Gasteiger partial charge >= 0.3 is 0 Å². The number of hydrogen-bond acceptors (Lipinski definition) is 2. The minimum Gasteiger partial charge on any atom is -0.356 e. The second kappa shape index (κ2) is 7.00. The van der Waals surface area contributed by atoms with Gasteiger partial charge in [-0.25, -0.2) is 0 Å². The van der Waals surface area contributed by atoms with Crippen LogP contribution in [0, 0.1) is 5.92 Å². The summed E-state index contributed by atoms with van der Waals surface area (Å²) in [6, 6.07) is 0.785. The summed E-state index contributed by atoms with van der Waals surface area (Å²) in [5.74, 6) is 1.08. The number of nitrogens with one attached hydrogen (secondary N) is 2. The fraction of sp³-hybridized carbons (Fsp3) is 0.929. The Labute approximate surface area is 105 Å². The molecule has 0 radical (unpaired) electrons. The Kier molecular flexibility index (Phi) is 5.30. The lowest BCUT2D eigenvalue weighted by atomic mass is 10.0. The summed E-state index contributed by atoms with van der Waals surface area (Å²) >= 11 is 0. The molecular weight excluding hydrogens is 212 g/mol. The fourth-order valence-corrected chi connectivity index (χ4v) is 2.63. The smallest absolute Gasteiger partial charge is 0.220 e. The molecule has 17 heavy (non-hydrogen) atoms. The largest absolute Gasteiger partial charge is 0.356 e. The molecular formula is C14H26N2O. The van der Waals surface area contributed by atoms with Gasteiger partial charge in [0.2, 0.25) is 5.91 Å². The van der Waals surface area contributed by atoms with Crippen molar-refractivity contribution in [3.05, 3.63) is 0 Å². The van der Waals surface area contributed by atoms with E-state index in [1.165, 1.54) is 38.5 Å². The van der Waals surface area contributed by atoms with Crippen molar-refractivity contribution in [1.82, 2.24) is 10.6 Å². The number of carbonyl (C=O) groups excluding carboxylic acids is 1. The highest BCUT2D eigenvalue weighted by Gasteiger charge is 2.19. The molecule has 0 aromatic heterocycles. The maximum Gasteiger partial charge on any atom is 0.220 e. The van der Waals surface area contributed by atoms with Gasteiger partial charge in [-0.2, -0.15) is 0 Å². The van der Waals surface area contributed by atoms with E-state index in [1.807, 2.05) is 0 Å². The Morgan fingerprint density at radius 2 is 1.82 bits per heavy atom. The maximum atomic E-state index is 11.6. The van der Waals surface area contributed by atoms with Crippen LogP contribution in [-0.2, 0) is 4.79 Å². The van der Waals surface area contributed by atoms with Crippen molar-refractivity contribution in [2.45, 2.75) is 63.8 Å². The molecule has 2 N–H and O–H groups in total. The van der Waals surface area contributed by atoms with E-state index in [0.29, 0.717) is 0 Å². The Morgan fingerprint density at radius 1 is 1.06 bits per heavy atom. The van der Waals surface area contributed by atoms with Crippen molar-refractivity contribution in [2.24, 2.45) is 5.92 Å². The van der Waals surface area contributed by atoms with Gasteiger partial charge in [0.25, 0.3) is 0 Å². The number of carbonyl (C=O) groups is 1. The molecule has 0 bridgehead atoms. The Balaban J connectivity index is 1.40.